The van der Waals surface area contributed by atoms with Crippen LogP contribution in [-0.2, 0) is 27.3 Å². The molecule has 0 unspecified atom stereocenters. The molecule has 1 saturated heterocycles. The molecule has 0 aliphatic carbocycles. The maximum absolute atomic E-state index is 13.8. The van der Waals surface area contributed by atoms with Gasteiger partial charge in [-0.25, -0.2) is 19.3 Å². The summed E-state index contributed by atoms with van der Waals surface area (Å²) in [7, 11) is 0. The molecule has 0 atom stereocenters. The van der Waals surface area contributed by atoms with Crippen LogP contribution in [0, 0.1) is 0 Å². The largest absolute Gasteiger partial charge is 0.443 e. The van der Waals surface area contributed by atoms with Gasteiger partial charge in [-0.1, -0.05) is 30.3 Å². The van der Waals surface area contributed by atoms with Crippen LogP contribution in [0.5, 0.6) is 0 Å². The van der Waals surface area contributed by atoms with Gasteiger partial charge in [-0.15, -0.1) is 0 Å². The van der Waals surface area contributed by atoms with Crippen LogP contribution in [0.15, 0.2) is 73.1 Å². The molecular weight excluding hydrogens is 648 g/mol. The molecule has 11 heteroatoms. The molecule has 2 heterocycles. The van der Waals surface area contributed by atoms with Gasteiger partial charge in [-0.3, -0.25) is 14.7 Å². The summed E-state index contributed by atoms with van der Waals surface area (Å²) in [6, 6.07) is 18.6. The molecular formula is C40H52N4O7. The summed E-state index contributed by atoms with van der Waals surface area (Å²) in [6.45, 7) is 17.3. The van der Waals surface area contributed by atoms with E-state index in [1.165, 1.54) is 4.90 Å². The zero-order valence-electron chi connectivity index (χ0n) is 31.4. The van der Waals surface area contributed by atoms with E-state index in [0.29, 0.717) is 24.3 Å². The Morgan fingerprint density at radius 2 is 1.24 bits per heavy atom. The molecule has 4 amide bonds. The van der Waals surface area contributed by atoms with E-state index in [0.717, 1.165) is 34.4 Å². The summed E-state index contributed by atoms with van der Waals surface area (Å²) in [6.07, 6.45) is 2.77. The van der Waals surface area contributed by atoms with E-state index >= 15 is 0 Å². The highest BCUT2D eigenvalue weighted by Gasteiger charge is 2.32. The van der Waals surface area contributed by atoms with Crippen LogP contribution in [0.25, 0.3) is 0 Å². The predicted molar refractivity (Wildman–Crippen MR) is 195 cm³/mol. The van der Waals surface area contributed by atoms with E-state index in [9.17, 15) is 19.2 Å². The molecule has 0 saturated carbocycles. The molecule has 51 heavy (non-hydrogen) atoms. The van der Waals surface area contributed by atoms with Gasteiger partial charge in [0.2, 0.25) is 0 Å². The number of ether oxygens (including phenoxy) is 3. The number of benzene rings is 2. The summed E-state index contributed by atoms with van der Waals surface area (Å²) in [5, 5.41) is 0. The van der Waals surface area contributed by atoms with Crippen molar-refractivity contribution in [2.45, 2.75) is 111 Å². The third-order valence-electron chi connectivity index (χ3n) is 7.88. The number of likely N-dealkylation sites (tertiary alicyclic amines) is 1. The third-order valence-corrected chi connectivity index (χ3v) is 7.88. The average Bonchev–Trinajstić information content (AvgIpc) is 3.04. The molecule has 0 radical (unpaired) electrons. The number of pyridine rings is 1. The van der Waals surface area contributed by atoms with Crippen molar-refractivity contribution in [3.8, 4) is 0 Å². The molecule has 1 fully saturated rings. The van der Waals surface area contributed by atoms with Crippen molar-refractivity contribution in [2.24, 2.45) is 0 Å². The standard InChI is InChI=1S/C40H52N4O7/c1-38(2,3)49-35(46)43(26-28-16-20-41-21-17-28)33-15-11-14-32(25-33)34(45)42-22-18-30(19-23-42)31-13-10-12-29(24-31)27-44(36(47)50-39(4,5)6)37(48)51-40(7,8)9/h10-17,20-21,24-25,30H,18-19,22-23,26-27H2,1-9H3. The van der Waals surface area contributed by atoms with Crippen molar-refractivity contribution in [1.29, 1.82) is 0 Å². The van der Waals surface area contributed by atoms with E-state index < -0.39 is 35.1 Å². The van der Waals surface area contributed by atoms with E-state index in [2.05, 4.69) is 4.98 Å². The van der Waals surface area contributed by atoms with Crippen LogP contribution >= 0.6 is 0 Å². The summed E-state index contributed by atoms with van der Waals surface area (Å²) in [5.74, 6) is 0.0716. The van der Waals surface area contributed by atoms with Gasteiger partial charge in [0.25, 0.3) is 5.91 Å². The van der Waals surface area contributed by atoms with Crippen molar-refractivity contribution in [3.63, 3.8) is 0 Å². The number of piperidine rings is 1. The van der Waals surface area contributed by atoms with E-state index in [4.69, 9.17) is 14.2 Å². The molecule has 274 valence electrons. The second kappa shape index (κ2) is 16.0. The minimum absolute atomic E-state index is 0.00713. The fraction of sp³-hybridized carbons (Fsp3) is 0.475. The number of carbonyl (C=O) groups excluding carboxylic acids is 4. The van der Waals surface area contributed by atoms with Gasteiger partial charge >= 0.3 is 18.3 Å². The first kappa shape index (κ1) is 38.9. The molecule has 11 nitrogen and oxygen atoms in total. The van der Waals surface area contributed by atoms with E-state index in [1.807, 2.05) is 62.1 Å². The lowest BCUT2D eigenvalue weighted by molar-refractivity contribution is -0.000316. The number of imide groups is 1. The van der Waals surface area contributed by atoms with Crippen molar-refractivity contribution >= 4 is 29.9 Å². The first-order valence-corrected chi connectivity index (χ1v) is 17.4. The van der Waals surface area contributed by atoms with Crippen molar-refractivity contribution in [2.75, 3.05) is 18.0 Å². The van der Waals surface area contributed by atoms with Gasteiger partial charge in [0.1, 0.15) is 16.8 Å². The van der Waals surface area contributed by atoms with Crippen molar-refractivity contribution in [1.82, 2.24) is 14.8 Å². The highest BCUT2D eigenvalue weighted by molar-refractivity contribution is 5.97. The lowest BCUT2D eigenvalue weighted by Gasteiger charge is -2.33. The van der Waals surface area contributed by atoms with Crippen LogP contribution in [0.2, 0.25) is 0 Å². The van der Waals surface area contributed by atoms with Gasteiger partial charge in [0.15, 0.2) is 0 Å². The van der Waals surface area contributed by atoms with Crippen molar-refractivity contribution in [3.05, 3.63) is 95.3 Å². The number of rotatable bonds is 7. The minimum atomic E-state index is -0.788. The first-order valence-electron chi connectivity index (χ1n) is 17.4. The highest BCUT2D eigenvalue weighted by Crippen LogP contribution is 2.31. The number of hydrogen-bond acceptors (Lipinski definition) is 8. The van der Waals surface area contributed by atoms with Crippen LogP contribution in [0.4, 0.5) is 20.1 Å². The highest BCUT2D eigenvalue weighted by atomic mass is 16.6. The van der Waals surface area contributed by atoms with Gasteiger partial charge in [0, 0.05) is 36.7 Å². The maximum Gasteiger partial charge on any atom is 0.420 e. The third kappa shape index (κ3) is 11.8. The molecule has 1 aliphatic heterocycles. The molecule has 3 aromatic rings. The summed E-state index contributed by atoms with van der Waals surface area (Å²) >= 11 is 0. The number of amides is 4. The Hall–Kier alpha value is -4.93. The van der Waals surface area contributed by atoms with Crippen LogP contribution < -0.4 is 4.90 Å². The van der Waals surface area contributed by atoms with Crippen molar-refractivity contribution < 1.29 is 33.4 Å². The molecule has 2 aromatic carbocycles. The quantitative estimate of drug-likeness (QED) is 0.225. The van der Waals surface area contributed by atoms with Gasteiger partial charge in [-0.2, -0.15) is 0 Å². The van der Waals surface area contributed by atoms with E-state index in [1.54, 1.807) is 78.2 Å². The van der Waals surface area contributed by atoms with Crippen LogP contribution in [-0.4, -0.2) is 68.9 Å². The topological polar surface area (TPSA) is 119 Å². The number of aromatic nitrogens is 1. The number of hydrogen-bond donors (Lipinski definition) is 0. The Labute approximate surface area is 301 Å². The predicted octanol–water partition coefficient (Wildman–Crippen LogP) is 8.72. The van der Waals surface area contributed by atoms with Gasteiger partial charge in [-0.05, 0) is 128 Å². The number of nitrogens with zero attached hydrogens (tertiary/aromatic N) is 4. The Kier molecular flexibility index (Phi) is 12.2. The Bertz CT molecular complexity index is 1650. The van der Waals surface area contributed by atoms with Crippen LogP contribution in [0.1, 0.15) is 108 Å². The fourth-order valence-electron chi connectivity index (χ4n) is 5.62. The molecule has 0 spiro atoms. The minimum Gasteiger partial charge on any atom is -0.443 e. The zero-order valence-corrected chi connectivity index (χ0v) is 31.4. The smallest absolute Gasteiger partial charge is 0.420 e. The molecule has 4 rings (SSSR count). The number of anilines is 1. The lowest BCUT2D eigenvalue weighted by Crippen LogP contribution is -2.43. The maximum atomic E-state index is 13.8. The SMILES string of the molecule is CC(C)(C)OC(=O)N(Cc1cccc(C2CCN(C(=O)c3cccc(N(Cc4ccncc4)C(=O)OC(C)(C)C)c3)CC2)c1)C(=O)OC(C)(C)C. The lowest BCUT2D eigenvalue weighted by atomic mass is 9.88. The summed E-state index contributed by atoms with van der Waals surface area (Å²) in [4.78, 5) is 61.6. The normalized spacial score (nSPS) is 14.0. The summed E-state index contributed by atoms with van der Waals surface area (Å²) in [5.41, 5.74) is 1.49. The number of carbonyl (C=O) groups is 4. The second-order valence-electron chi connectivity index (χ2n) is 15.8. The molecule has 0 N–H and O–H groups in total. The van der Waals surface area contributed by atoms with Gasteiger partial charge < -0.3 is 19.1 Å². The molecule has 1 aromatic heterocycles. The summed E-state index contributed by atoms with van der Waals surface area (Å²) < 4.78 is 16.8. The first-order chi connectivity index (χ1) is 23.8. The molecule has 0 bridgehead atoms. The fourth-order valence-corrected chi connectivity index (χ4v) is 5.62. The average molecular weight is 701 g/mol. The Balaban J connectivity index is 1.46. The zero-order chi connectivity index (χ0) is 37.6. The van der Waals surface area contributed by atoms with Crippen LogP contribution in [0.3, 0.4) is 0 Å². The molecule has 1 aliphatic rings. The van der Waals surface area contributed by atoms with E-state index in [-0.39, 0.29) is 24.9 Å². The Morgan fingerprint density at radius 3 is 1.80 bits per heavy atom. The Morgan fingerprint density at radius 1 is 0.686 bits per heavy atom. The monoisotopic (exact) mass is 700 g/mol. The van der Waals surface area contributed by atoms with Gasteiger partial charge in [0.05, 0.1) is 13.1 Å². The second-order valence-corrected chi connectivity index (χ2v) is 15.8.